The second-order valence-corrected chi connectivity index (χ2v) is 5.11. The van der Waals surface area contributed by atoms with Crippen LogP contribution in [0.5, 0.6) is 0 Å². The molecule has 1 aliphatic heterocycles. The van der Waals surface area contributed by atoms with Gasteiger partial charge in [0.1, 0.15) is 0 Å². The second-order valence-electron chi connectivity index (χ2n) is 3.39. The summed E-state index contributed by atoms with van der Waals surface area (Å²) in [6.07, 6.45) is 1.01. The molecule has 13 heavy (non-hydrogen) atoms. The normalized spacial score (nSPS) is 28.2. The molecule has 0 bridgehead atoms. The second kappa shape index (κ2) is 3.58. The van der Waals surface area contributed by atoms with Crippen molar-refractivity contribution in [3.8, 4) is 0 Å². The van der Waals surface area contributed by atoms with Crippen LogP contribution in [0.3, 0.4) is 0 Å². The zero-order valence-electron chi connectivity index (χ0n) is 7.25. The van der Waals surface area contributed by atoms with Crippen LogP contribution in [0.4, 0.5) is 0 Å². The molecule has 0 saturated carbocycles. The molecule has 1 saturated heterocycles. The molecule has 1 aromatic heterocycles. The lowest BCUT2D eigenvalue weighted by Gasteiger charge is -2.23. The number of thiophene rings is 1. The molecule has 4 heteroatoms. The van der Waals surface area contributed by atoms with E-state index in [-0.39, 0.29) is 5.41 Å². The zero-order valence-corrected chi connectivity index (χ0v) is 8.83. The molecule has 0 aliphatic carbocycles. The largest absolute Gasteiger partial charge is 0.380 e. The Bertz CT molecular complexity index is 294. The molecule has 0 aromatic carbocycles. The molecular weight excluding hydrogens is 206 g/mol. The van der Waals surface area contributed by atoms with E-state index in [1.165, 1.54) is 4.88 Å². The van der Waals surface area contributed by atoms with Gasteiger partial charge in [-0.25, -0.2) is 0 Å². The Morgan fingerprint density at radius 3 is 2.92 bits per heavy atom. The van der Waals surface area contributed by atoms with Gasteiger partial charge in [0, 0.05) is 23.4 Å². The third-order valence-electron chi connectivity index (χ3n) is 2.59. The van der Waals surface area contributed by atoms with E-state index in [9.17, 15) is 0 Å². The standard InChI is InChI=1S/C9H12ClNOS/c10-8-2-1-7(13-8)9(5-11)3-4-12-6-9/h1-2H,3-6,11H2. The van der Waals surface area contributed by atoms with Gasteiger partial charge in [-0.05, 0) is 18.6 Å². The minimum atomic E-state index is 0.0395. The van der Waals surface area contributed by atoms with Gasteiger partial charge in [-0.2, -0.15) is 0 Å². The molecule has 1 atom stereocenters. The number of hydrogen-bond donors (Lipinski definition) is 1. The minimum Gasteiger partial charge on any atom is -0.380 e. The monoisotopic (exact) mass is 217 g/mol. The number of ether oxygens (including phenoxy) is 1. The van der Waals surface area contributed by atoms with Gasteiger partial charge >= 0.3 is 0 Å². The van der Waals surface area contributed by atoms with Crippen molar-refractivity contribution in [2.75, 3.05) is 19.8 Å². The van der Waals surface area contributed by atoms with Gasteiger partial charge < -0.3 is 10.5 Å². The molecule has 2 nitrogen and oxygen atoms in total. The first-order valence-corrected chi connectivity index (χ1v) is 5.50. The highest BCUT2D eigenvalue weighted by molar-refractivity contribution is 7.16. The summed E-state index contributed by atoms with van der Waals surface area (Å²) in [4.78, 5) is 1.26. The van der Waals surface area contributed by atoms with Crippen LogP contribution in [0.1, 0.15) is 11.3 Å². The van der Waals surface area contributed by atoms with Crippen LogP contribution in [0.25, 0.3) is 0 Å². The molecule has 1 aliphatic rings. The maximum absolute atomic E-state index is 5.89. The first-order chi connectivity index (χ1) is 6.27. The molecule has 0 radical (unpaired) electrons. The van der Waals surface area contributed by atoms with E-state index in [4.69, 9.17) is 22.1 Å². The minimum absolute atomic E-state index is 0.0395. The summed E-state index contributed by atoms with van der Waals surface area (Å²) in [5.74, 6) is 0. The van der Waals surface area contributed by atoms with Crippen molar-refractivity contribution in [1.82, 2.24) is 0 Å². The number of halogens is 1. The fourth-order valence-corrected chi connectivity index (χ4v) is 2.92. The number of hydrogen-bond acceptors (Lipinski definition) is 3. The van der Waals surface area contributed by atoms with Gasteiger partial charge in [0.25, 0.3) is 0 Å². The summed E-state index contributed by atoms with van der Waals surface area (Å²) in [6, 6.07) is 3.99. The number of rotatable bonds is 2. The van der Waals surface area contributed by atoms with Crippen molar-refractivity contribution >= 4 is 22.9 Å². The Hall–Kier alpha value is -0.0900. The van der Waals surface area contributed by atoms with Gasteiger partial charge in [0.15, 0.2) is 0 Å². The smallest absolute Gasteiger partial charge is 0.0931 e. The first-order valence-electron chi connectivity index (χ1n) is 4.30. The van der Waals surface area contributed by atoms with Gasteiger partial charge in [0.05, 0.1) is 10.9 Å². The van der Waals surface area contributed by atoms with E-state index in [2.05, 4.69) is 6.07 Å². The average molecular weight is 218 g/mol. The summed E-state index contributed by atoms with van der Waals surface area (Å²) in [7, 11) is 0. The van der Waals surface area contributed by atoms with E-state index in [0.29, 0.717) is 6.54 Å². The van der Waals surface area contributed by atoms with Gasteiger partial charge in [-0.1, -0.05) is 11.6 Å². The maximum atomic E-state index is 5.89. The van der Waals surface area contributed by atoms with Crippen molar-refractivity contribution in [1.29, 1.82) is 0 Å². The fraction of sp³-hybridized carbons (Fsp3) is 0.556. The molecule has 1 unspecified atom stereocenters. The molecule has 2 heterocycles. The molecular formula is C9H12ClNOS. The lowest BCUT2D eigenvalue weighted by atomic mass is 9.86. The van der Waals surface area contributed by atoms with Crippen LogP contribution < -0.4 is 5.73 Å². The van der Waals surface area contributed by atoms with Crippen molar-refractivity contribution < 1.29 is 4.74 Å². The SMILES string of the molecule is NCC1(c2ccc(Cl)s2)CCOC1. The van der Waals surface area contributed by atoms with Crippen molar-refractivity contribution in [3.63, 3.8) is 0 Å². The highest BCUT2D eigenvalue weighted by Crippen LogP contribution is 2.37. The van der Waals surface area contributed by atoms with Crippen LogP contribution in [0.2, 0.25) is 4.34 Å². The Balaban J connectivity index is 2.30. The Morgan fingerprint density at radius 2 is 2.46 bits per heavy atom. The molecule has 2 rings (SSSR count). The summed E-state index contributed by atoms with van der Waals surface area (Å²) in [6.45, 7) is 2.19. The Kier molecular flexibility index (Phi) is 2.60. The van der Waals surface area contributed by atoms with Crippen LogP contribution >= 0.6 is 22.9 Å². The zero-order chi connectivity index (χ0) is 9.31. The predicted molar refractivity (Wildman–Crippen MR) is 55.5 cm³/mol. The third-order valence-corrected chi connectivity index (χ3v) is 4.07. The quantitative estimate of drug-likeness (QED) is 0.823. The summed E-state index contributed by atoms with van der Waals surface area (Å²) >= 11 is 7.51. The Morgan fingerprint density at radius 1 is 1.62 bits per heavy atom. The Labute approximate surface area is 86.6 Å². The van der Waals surface area contributed by atoms with Crippen molar-refractivity contribution in [3.05, 3.63) is 21.3 Å². The van der Waals surface area contributed by atoms with E-state index >= 15 is 0 Å². The molecule has 2 N–H and O–H groups in total. The molecule has 1 aromatic rings. The number of nitrogens with two attached hydrogens (primary N) is 1. The van der Waals surface area contributed by atoms with E-state index < -0.39 is 0 Å². The van der Waals surface area contributed by atoms with E-state index in [0.717, 1.165) is 24.0 Å². The fourth-order valence-electron chi connectivity index (χ4n) is 1.66. The highest BCUT2D eigenvalue weighted by Gasteiger charge is 2.36. The van der Waals surface area contributed by atoms with Crippen LogP contribution in [-0.2, 0) is 10.2 Å². The van der Waals surface area contributed by atoms with Gasteiger partial charge in [-0.15, -0.1) is 11.3 Å². The van der Waals surface area contributed by atoms with Crippen molar-refractivity contribution in [2.24, 2.45) is 5.73 Å². The van der Waals surface area contributed by atoms with Crippen LogP contribution in [0, 0.1) is 0 Å². The van der Waals surface area contributed by atoms with Crippen LogP contribution in [0.15, 0.2) is 12.1 Å². The highest BCUT2D eigenvalue weighted by atomic mass is 35.5. The lowest BCUT2D eigenvalue weighted by molar-refractivity contribution is 0.179. The topological polar surface area (TPSA) is 35.2 Å². The van der Waals surface area contributed by atoms with E-state index in [1.54, 1.807) is 11.3 Å². The van der Waals surface area contributed by atoms with Gasteiger partial charge in [-0.3, -0.25) is 0 Å². The van der Waals surface area contributed by atoms with E-state index in [1.807, 2.05) is 6.07 Å². The summed E-state index contributed by atoms with van der Waals surface area (Å²) in [5.41, 5.74) is 5.83. The molecule has 0 amide bonds. The van der Waals surface area contributed by atoms with Gasteiger partial charge in [0.2, 0.25) is 0 Å². The summed E-state index contributed by atoms with van der Waals surface area (Å²) in [5, 5.41) is 0. The maximum Gasteiger partial charge on any atom is 0.0931 e. The van der Waals surface area contributed by atoms with Crippen molar-refractivity contribution in [2.45, 2.75) is 11.8 Å². The third kappa shape index (κ3) is 1.62. The van der Waals surface area contributed by atoms with Crippen LogP contribution in [-0.4, -0.2) is 19.8 Å². The first kappa shape index (κ1) is 9.46. The predicted octanol–water partition coefficient (Wildman–Crippen LogP) is 2.02. The average Bonchev–Trinajstić information content (AvgIpc) is 2.73. The lowest BCUT2D eigenvalue weighted by Crippen LogP contribution is -2.34. The molecule has 72 valence electrons. The molecule has 1 fully saturated rings. The molecule has 0 spiro atoms. The summed E-state index contributed by atoms with van der Waals surface area (Å²) < 4.78 is 6.23.